The second-order valence-corrected chi connectivity index (χ2v) is 8.55. The monoisotopic (exact) mass is 388 g/mol. The Hall–Kier alpha value is -2.15. The molecule has 4 atom stereocenters. The van der Waals surface area contributed by atoms with Crippen molar-refractivity contribution in [2.45, 2.75) is 39.0 Å². The molecule has 3 aliphatic rings. The summed E-state index contributed by atoms with van der Waals surface area (Å²) in [4.78, 5) is 38.2. The Balaban J connectivity index is 1.63. The van der Waals surface area contributed by atoms with Gasteiger partial charge in [-0.1, -0.05) is 12.2 Å². The largest absolute Gasteiger partial charge is 0.550 e. The summed E-state index contributed by atoms with van der Waals surface area (Å²) in [5.41, 5.74) is 1.43. The molecule has 3 aliphatic carbocycles. The summed E-state index contributed by atoms with van der Waals surface area (Å²) in [6.07, 6.45) is 8.24. The zero-order chi connectivity index (χ0) is 19.1. The number of carboxylic acid groups (broad SMARTS) is 1. The van der Waals surface area contributed by atoms with Crippen molar-refractivity contribution < 1.29 is 24.2 Å². The van der Waals surface area contributed by atoms with E-state index in [1.807, 2.05) is 12.2 Å². The summed E-state index contributed by atoms with van der Waals surface area (Å²) in [7, 11) is 0. The molecule has 0 unspecified atom stereocenters. The van der Waals surface area contributed by atoms with Crippen molar-refractivity contribution in [2.24, 2.45) is 23.7 Å². The Morgan fingerprint density at radius 3 is 2.59 bits per heavy atom. The SMILES string of the molecule is CCOC(=O)c1c(NC(=O)[C@H]2[C@@H](C(=O)[O-])[C@@H]3C=C[C@@H]2C3)sc2c1CCCC2. The average Bonchev–Trinajstić information content (AvgIpc) is 3.33. The van der Waals surface area contributed by atoms with Crippen LogP contribution in [0, 0.1) is 23.7 Å². The number of anilines is 1. The molecule has 0 saturated heterocycles. The van der Waals surface area contributed by atoms with Crippen LogP contribution < -0.4 is 10.4 Å². The van der Waals surface area contributed by atoms with E-state index < -0.39 is 23.8 Å². The number of carbonyl (C=O) groups is 3. The van der Waals surface area contributed by atoms with E-state index in [0.29, 0.717) is 17.0 Å². The number of esters is 1. The van der Waals surface area contributed by atoms with Gasteiger partial charge in [-0.15, -0.1) is 11.3 Å². The summed E-state index contributed by atoms with van der Waals surface area (Å²) in [5.74, 6) is -3.63. The minimum Gasteiger partial charge on any atom is -0.550 e. The van der Waals surface area contributed by atoms with E-state index in [1.165, 1.54) is 11.3 Å². The van der Waals surface area contributed by atoms with E-state index >= 15 is 0 Å². The quantitative estimate of drug-likeness (QED) is 0.614. The fraction of sp³-hybridized carbons (Fsp3) is 0.550. The van der Waals surface area contributed by atoms with Crippen LogP contribution in [0.5, 0.6) is 0 Å². The number of amides is 1. The molecule has 2 bridgehead atoms. The van der Waals surface area contributed by atoms with Crippen LogP contribution >= 0.6 is 11.3 Å². The molecular weight excluding hydrogens is 366 g/mol. The van der Waals surface area contributed by atoms with Crippen molar-refractivity contribution in [3.63, 3.8) is 0 Å². The summed E-state index contributed by atoms with van der Waals surface area (Å²) in [5, 5.41) is 14.9. The lowest BCUT2D eigenvalue weighted by Crippen LogP contribution is -2.42. The predicted octanol–water partition coefficient (Wildman–Crippen LogP) is 1.93. The Kier molecular flexibility index (Phi) is 4.80. The van der Waals surface area contributed by atoms with E-state index in [9.17, 15) is 19.5 Å². The van der Waals surface area contributed by atoms with Gasteiger partial charge in [-0.25, -0.2) is 4.79 Å². The van der Waals surface area contributed by atoms with Crippen LogP contribution in [0.2, 0.25) is 0 Å². The molecule has 1 heterocycles. The summed E-state index contributed by atoms with van der Waals surface area (Å²) >= 11 is 1.42. The lowest BCUT2D eigenvalue weighted by atomic mass is 9.82. The highest BCUT2D eigenvalue weighted by atomic mass is 32.1. The average molecular weight is 388 g/mol. The standard InChI is InChI=1S/C20H23NO5S/c1-2-26-20(25)16-12-5-3-4-6-13(12)27-18(16)21-17(22)14-10-7-8-11(9-10)15(14)19(23)24/h7-8,10-11,14-15H,2-6,9H2,1H3,(H,21,22)(H,23,24)/p-1/t10-,11-,14-,15+/m1/s1. The second kappa shape index (κ2) is 7.11. The van der Waals surface area contributed by atoms with Crippen molar-refractivity contribution in [1.82, 2.24) is 0 Å². The molecule has 1 aromatic rings. The molecule has 1 fully saturated rings. The number of nitrogens with one attached hydrogen (secondary N) is 1. The third-order valence-corrected chi connectivity index (χ3v) is 7.13. The van der Waals surface area contributed by atoms with Crippen molar-refractivity contribution in [3.8, 4) is 0 Å². The van der Waals surface area contributed by atoms with Crippen LogP contribution in [0.3, 0.4) is 0 Å². The fourth-order valence-electron chi connectivity index (χ4n) is 4.77. The molecule has 0 aromatic carbocycles. The van der Waals surface area contributed by atoms with E-state index in [0.717, 1.165) is 36.1 Å². The van der Waals surface area contributed by atoms with Gasteiger partial charge >= 0.3 is 5.97 Å². The number of carbonyl (C=O) groups excluding carboxylic acids is 3. The van der Waals surface area contributed by atoms with Gasteiger partial charge < -0.3 is 20.0 Å². The summed E-state index contributed by atoms with van der Waals surface area (Å²) < 4.78 is 5.21. The predicted molar refractivity (Wildman–Crippen MR) is 98.3 cm³/mol. The van der Waals surface area contributed by atoms with Crippen molar-refractivity contribution in [1.29, 1.82) is 0 Å². The Bertz CT molecular complexity index is 827. The van der Waals surface area contributed by atoms with E-state index in [1.54, 1.807) is 6.92 Å². The number of aliphatic carboxylic acids is 1. The lowest BCUT2D eigenvalue weighted by Gasteiger charge is -2.27. The fourth-order valence-corrected chi connectivity index (χ4v) is 6.05. The van der Waals surface area contributed by atoms with Gasteiger partial charge in [0.05, 0.1) is 18.1 Å². The van der Waals surface area contributed by atoms with Gasteiger partial charge in [-0.3, -0.25) is 4.79 Å². The maximum Gasteiger partial charge on any atom is 0.341 e. The number of rotatable bonds is 5. The molecule has 0 aliphatic heterocycles. The van der Waals surface area contributed by atoms with Gasteiger partial charge in [0, 0.05) is 16.8 Å². The number of thiophene rings is 1. The molecule has 1 amide bonds. The van der Waals surface area contributed by atoms with Gasteiger partial charge in [0.1, 0.15) is 5.00 Å². The first-order valence-corrected chi connectivity index (χ1v) is 10.3. The highest BCUT2D eigenvalue weighted by molar-refractivity contribution is 7.17. The molecule has 7 heteroatoms. The first-order chi connectivity index (χ1) is 13.0. The third kappa shape index (κ3) is 3.08. The zero-order valence-corrected chi connectivity index (χ0v) is 16.0. The van der Waals surface area contributed by atoms with Gasteiger partial charge in [0.25, 0.3) is 0 Å². The number of ether oxygens (including phenoxy) is 1. The summed E-state index contributed by atoms with van der Waals surface area (Å²) in [6.45, 7) is 2.02. The molecule has 0 spiro atoms. The smallest absolute Gasteiger partial charge is 0.341 e. The molecule has 1 saturated carbocycles. The molecule has 27 heavy (non-hydrogen) atoms. The van der Waals surface area contributed by atoms with Crippen LogP contribution in [0.1, 0.15) is 47.0 Å². The maximum absolute atomic E-state index is 13.0. The van der Waals surface area contributed by atoms with Gasteiger partial charge in [0.15, 0.2) is 0 Å². The van der Waals surface area contributed by atoms with Gasteiger partial charge in [0.2, 0.25) is 5.91 Å². The number of fused-ring (bicyclic) bond motifs is 3. The van der Waals surface area contributed by atoms with E-state index in [-0.39, 0.29) is 24.3 Å². The molecule has 4 rings (SSSR count). The topological polar surface area (TPSA) is 95.5 Å². The molecule has 1 aromatic heterocycles. The Morgan fingerprint density at radius 1 is 1.19 bits per heavy atom. The first kappa shape index (κ1) is 18.2. The molecular formula is C20H22NO5S-. The molecule has 1 N–H and O–H groups in total. The number of allylic oxidation sites excluding steroid dienone is 2. The van der Waals surface area contributed by atoms with Crippen LogP contribution in [-0.4, -0.2) is 24.5 Å². The minimum atomic E-state index is -1.18. The van der Waals surface area contributed by atoms with Gasteiger partial charge in [-0.2, -0.15) is 0 Å². The maximum atomic E-state index is 13.0. The van der Waals surface area contributed by atoms with Crippen LogP contribution in [0.15, 0.2) is 12.2 Å². The second-order valence-electron chi connectivity index (χ2n) is 7.44. The van der Waals surface area contributed by atoms with Gasteiger partial charge in [-0.05, 0) is 56.4 Å². The van der Waals surface area contributed by atoms with Crippen molar-refractivity contribution in [3.05, 3.63) is 28.2 Å². The number of hydrogen-bond donors (Lipinski definition) is 1. The third-order valence-electron chi connectivity index (χ3n) is 5.92. The molecule has 0 radical (unpaired) electrons. The van der Waals surface area contributed by atoms with Crippen LogP contribution in [0.25, 0.3) is 0 Å². The Morgan fingerprint density at radius 2 is 1.89 bits per heavy atom. The van der Waals surface area contributed by atoms with E-state index in [4.69, 9.17) is 4.74 Å². The highest BCUT2D eigenvalue weighted by Gasteiger charge is 2.49. The summed E-state index contributed by atoms with van der Waals surface area (Å²) in [6, 6.07) is 0. The van der Waals surface area contributed by atoms with Crippen LogP contribution in [-0.2, 0) is 27.2 Å². The highest BCUT2D eigenvalue weighted by Crippen LogP contribution is 2.48. The zero-order valence-electron chi connectivity index (χ0n) is 15.2. The number of carboxylic acids is 1. The van der Waals surface area contributed by atoms with E-state index in [2.05, 4.69) is 5.32 Å². The van der Waals surface area contributed by atoms with Crippen molar-refractivity contribution in [2.75, 3.05) is 11.9 Å². The Labute approximate surface area is 161 Å². The number of aryl methyl sites for hydroxylation is 1. The van der Waals surface area contributed by atoms with Crippen molar-refractivity contribution >= 4 is 34.2 Å². The lowest BCUT2D eigenvalue weighted by molar-refractivity contribution is -0.313. The minimum absolute atomic E-state index is 0.0847. The molecule has 6 nitrogen and oxygen atoms in total. The molecule has 144 valence electrons. The normalized spacial score (nSPS) is 28.0. The van der Waals surface area contributed by atoms with Crippen LogP contribution in [0.4, 0.5) is 5.00 Å². The first-order valence-electron chi connectivity index (χ1n) is 9.53. The number of hydrogen-bond acceptors (Lipinski definition) is 6.